The van der Waals surface area contributed by atoms with Crippen molar-refractivity contribution in [2.45, 2.75) is 32.9 Å². The van der Waals surface area contributed by atoms with E-state index in [-0.39, 0.29) is 23.3 Å². The summed E-state index contributed by atoms with van der Waals surface area (Å²) in [6.07, 6.45) is 23.1. The average molecular weight is 604 g/mol. The number of hydrogen-bond acceptors (Lipinski definition) is 2. The Balaban J connectivity index is 0.000000559. The molecule has 0 bridgehead atoms. The molecule has 0 spiro atoms. The maximum Gasteiger partial charge on any atom is 0.198 e. The second-order valence-corrected chi connectivity index (χ2v) is 10.8. The molecule has 2 nitrogen and oxygen atoms in total. The van der Waals surface area contributed by atoms with Crippen LogP contribution in [0.1, 0.15) is 48.2 Å². The van der Waals surface area contributed by atoms with Gasteiger partial charge in [0.2, 0.25) is 0 Å². The van der Waals surface area contributed by atoms with E-state index in [0.717, 1.165) is 30.7 Å². The number of nitrogens with zero attached hydrogens (tertiary/aromatic N) is 1. The molecule has 0 saturated heterocycles. The molecular formula is C40H37FeNO. The van der Waals surface area contributed by atoms with Gasteiger partial charge in [0, 0.05) is 53.2 Å². The van der Waals surface area contributed by atoms with Crippen molar-refractivity contribution in [1.82, 2.24) is 4.90 Å². The predicted octanol–water partition coefficient (Wildman–Crippen LogP) is 9.90. The monoisotopic (exact) mass is 603 g/mol. The molecule has 216 valence electrons. The van der Waals surface area contributed by atoms with Crippen LogP contribution in [-0.2, 0) is 21.8 Å². The Morgan fingerprint density at radius 1 is 0.744 bits per heavy atom. The van der Waals surface area contributed by atoms with Crippen molar-refractivity contribution in [1.29, 1.82) is 0 Å². The van der Waals surface area contributed by atoms with Crippen LogP contribution in [0, 0.1) is 19.8 Å². The van der Waals surface area contributed by atoms with Gasteiger partial charge in [0.25, 0.3) is 0 Å². The first-order valence-electron chi connectivity index (χ1n) is 14.9. The molecule has 1 heterocycles. The molecule has 7 rings (SSSR count). The van der Waals surface area contributed by atoms with Gasteiger partial charge >= 0.3 is 0 Å². The Morgan fingerprint density at radius 2 is 1.44 bits per heavy atom. The van der Waals surface area contributed by atoms with Gasteiger partial charge in [-0.25, -0.2) is 0 Å². The minimum Gasteiger partial charge on any atom is -0.465 e. The molecule has 1 atom stereocenters. The molecule has 0 aromatic heterocycles. The van der Waals surface area contributed by atoms with Gasteiger partial charge in [-0.15, -0.1) is 0 Å². The summed E-state index contributed by atoms with van der Waals surface area (Å²) in [6, 6.07) is 30.2. The van der Waals surface area contributed by atoms with E-state index in [0.29, 0.717) is 0 Å². The summed E-state index contributed by atoms with van der Waals surface area (Å²) in [5.41, 5.74) is 10.9. The molecule has 2 radical (unpaired) electrons. The van der Waals surface area contributed by atoms with E-state index in [4.69, 9.17) is 4.74 Å². The first kappa shape index (κ1) is 30.4. The quantitative estimate of drug-likeness (QED) is 0.249. The van der Waals surface area contributed by atoms with E-state index < -0.39 is 0 Å². The number of aryl methyl sites for hydroxylation is 1. The van der Waals surface area contributed by atoms with E-state index >= 15 is 0 Å². The van der Waals surface area contributed by atoms with Crippen LogP contribution >= 0.6 is 0 Å². The Morgan fingerprint density at radius 3 is 2.05 bits per heavy atom. The van der Waals surface area contributed by atoms with Crippen LogP contribution in [-0.4, -0.2) is 11.4 Å². The molecule has 1 unspecified atom stereocenters. The molecule has 3 heteroatoms. The van der Waals surface area contributed by atoms with Crippen molar-refractivity contribution >= 4 is 11.1 Å². The molecule has 3 aromatic carbocycles. The molecule has 0 N–H and O–H groups in total. The molecule has 0 fully saturated rings. The number of ether oxygens (including phenoxy) is 1. The number of allylic oxidation sites excluding steroid dienone is 10. The maximum absolute atomic E-state index is 7.08. The van der Waals surface area contributed by atoms with Crippen molar-refractivity contribution in [3.05, 3.63) is 191 Å². The normalized spacial score (nSPS) is 18.1. The van der Waals surface area contributed by atoms with Gasteiger partial charge in [-0.3, -0.25) is 0 Å². The van der Waals surface area contributed by atoms with Gasteiger partial charge in [0.05, 0.1) is 5.70 Å². The third-order valence-electron chi connectivity index (χ3n) is 7.84. The molecule has 0 amide bonds. The van der Waals surface area contributed by atoms with Gasteiger partial charge in [0.15, 0.2) is 6.23 Å². The second kappa shape index (κ2) is 14.4. The van der Waals surface area contributed by atoms with Gasteiger partial charge in [-0.05, 0) is 41.7 Å². The van der Waals surface area contributed by atoms with E-state index in [9.17, 15) is 0 Å². The average Bonchev–Trinajstić information content (AvgIpc) is 3.85. The van der Waals surface area contributed by atoms with Crippen LogP contribution in [0.4, 0.5) is 0 Å². The fourth-order valence-electron chi connectivity index (χ4n) is 5.71. The van der Waals surface area contributed by atoms with E-state index in [1.165, 1.54) is 44.7 Å². The summed E-state index contributed by atoms with van der Waals surface area (Å²) in [7, 11) is 0. The van der Waals surface area contributed by atoms with Crippen molar-refractivity contribution in [3.63, 3.8) is 0 Å². The molecular weight excluding hydrogens is 566 g/mol. The molecule has 3 aromatic rings. The molecule has 3 aliphatic carbocycles. The van der Waals surface area contributed by atoms with Crippen LogP contribution in [0.2, 0.25) is 0 Å². The zero-order valence-electron chi connectivity index (χ0n) is 24.8. The Labute approximate surface area is 267 Å². The van der Waals surface area contributed by atoms with Crippen LogP contribution in [0.3, 0.4) is 0 Å². The minimum atomic E-state index is -0.194. The van der Waals surface area contributed by atoms with Crippen molar-refractivity contribution < 1.29 is 21.8 Å². The first-order chi connectivity index (χ1) is 20.7. The summed E-state index contributed by atoms with van der Waals surface area (Å²) >= 11 is 0. The van der Waals surface area contributed by atoms with Gasteiger partial charge < -0.3 is 9.64 Å². The number of hydrogen-bond donors (Lipinski definition) is 0. The predicted molar refractivity (Wildman–Crippen MR) is 176 cm³/mol. The van der Waals surface area contributed by atoms with Gasteiger partial charge in [0.1, 0.15) is 5.76 Å². The maximum atomic E-state index is 7.08. The SMILES string of the molecule is CCCCN1C(C2=C[CH]C=C2)=C2C(c3ccccc3)=CC(c3ccc(C)cc3)=C2OC1c1ccccc1.[CH]1C=CC=C1.[Fe]. The first-order valence-corrected chi connectivity index (χ1v) is 14.9. The van der Waals surface area contributed by atoms with Crippen LogP contribution in [0.15, 0.2) is 156 Å². The Bertz CT molecular complexity index is 1610. The summed E-state index contributed by atoms with van der Waals surface area (Å²) < 4.78 is 7.08. The van der Waals surface area contributed by atoms with Crippen molar-refractivity contribution in [2.24, 2.45) is 0 Å². The number of unbranched alkanes of at least 4 members (excludes halogenated alkanes) is 1. The van der Waals surface area contributed by atoms with Crippen molar-refractivity contribution in [3.8, 4) is 0 Å². The Kier molecular flexibility index (Phi) is 10.2. The zero-order chi connectivity index (χ0) is 28.7. The summed E-state index contributed by atoms with van der Waals surface area (Å²) in [5.74, 6) is 0.973. The van der Waals surface area contributed by atoms with E-state index in [1.54, 1.807) is 0 Å². The summed E-state index contributed by atoms with van der Waals surface area (Å²) in [4.78, 5) is 2.49. The van der Waals surface area contributed by atoms with E-state index in [2.05, 4.69) is 134 Å². The second-order valence-electron chi connectivity index (χ2n) is 10.8. The fraction of sp³-hybridized carbons (Fsp3) is 0.150. The third-order valence-corrected chi connectivity index (χ3v) is 7.84. The molecule has 0 saturated carbocycles. The number of rotatable bonds is 7. The van der Waals surface area contributed by atoms with Crippen LogP contribution < -0.4 is 0 Å². The van der Waals surface area contributed by atoms with Crippen molar-refractivity contribution in [2.75, 3.05) is 6.54 Å². The molecule has 4 aliphatic rings. The Hall–Kier alpha value is -4.04. The van der Waals surface area contributed by atoms with E-state index in [1.807, 2.05) is 30.7 Å². The standard InChI is InChI=1S/C35H32NO.C5H5.Fe/c1-3-4-23-36-33(28-15-11-12-16-28)32-30(26-13-7-5-8-14-26)24-31(27-21-19-25(2)20-22-27)34(32)37-35(36)29-17-9-6-10-18-29;1-2-4-5-3-1;/h5-22,24,35H,3-4,23H2,1-2H3;1-5H;. The number of fused-ring (bicyclic) bond motifs is 1. The van der Waals surface area contributed by atoms with Gasteiger partial charge in [-0.2, -0.15) is 0 Å². The smallest absolute Gasteiger partial charge is 0.198 e. The van der Waals surface area contributed by atoms with Gasteiger partial charge in [-0.1, -0.05) is 146 Å². The molecule has 43 heavy (non-hydrogen) atoms. The van der Waals surface area contributed by atoms with Crippen LogP contribution in [0.5, 0.6) is 0 Å². The topological polar surface area (TPSA) is 12.5 Å². The minimum absolute atomic E-state index is 0. The zero-order valence-corrected chi connectivity index (χ0v) is 25.9. The summed E-state index contributed by atoms with van der Waals surface area (Å²) in [5, 5.41) is 0. The summed E-state index contributed by atoms with van der Waals surface area (Å²) in [6.45, 7) is 5.31. The number of benzene rings is 3. The van der Waals surface area contributed by atoms with Crippen LogP contribution in [0.25, 0.3) is 11.1 Å². The largest absolute Gasteiger partial charge is 0.465 e. The fourth-order valence-corrected chi connectivity index (χ4v) is 5.71. The third kappa shape index (κ3) is 6.64. The molecule has 1 aliphatic heterocycles.